The molecule has 36 heavy (non-hydrogen) atoms. The van der Waals surface area contributed by atoms with Crippen molar-refractivity contribution in [3.05, 3.63) is 70.6 Å². The Kier molecular flexibility index (Phi) is 8.31. The van der Waals surface area contributed by atoms with Crippen molar-refractivity contribution in [2.75, 3.05) is 26.2 Å². The van der Waals surface area contributed by atoms with Crippen molar-refractivity contribution >= 4 is 17.5 Å². The summed E-state index contributed by atoms with van der Waals surface area (Å²) < 4.78 is 5.45. The number of rotatable bonds is 8. The van der Waals surface area contributed by atoms with Gasteiger partial charge in [0.25, 0.3) is 0 Å². The number of nitrogens with zero attached hydrogens (tertiary/aromatic N) is 4. The van der Waals surface area contributed by atoms with E-state index in [1.165, 1.54) is 43.5 Å². The van der Waals surface area contributed by atoms with Crippen LogP contribution in [0.5, 0.6) is 0 Å². The fourth-order valence-corrected chi connectivity index (χ4v) is 5.25. The van der Waals surface area contributed by atoms with Crippen LogP contribution in [0, 0.1) is 5.92 Å². The van der Waals surface area contributed by atoms with Crippen LogP contribution in [0.15, 0.2) is 53.1 Å². The first-order valence-corrected chi connectivity index (χ1v) is 13.4. The van der Waals surface area contributed by atoms with Crippen LogP contribution >= 0.6 is 11.6 Å². The number of aromatic nitrogens is 2. The number of benzene rings is 2. The third kappa shape index (κ3) is 6.72. The Labute approximate surface area is 217 Å². The zero-order valence-electron chi connectivity index (χ0n) is 20.7. The second-order valence-electron chi connectivity index (χ2n) is 9.94. The number of carbonyl (C=O) groups excluding carboxylic acids is 1. The van der Waals surface area contributed by atoms with E-state index in [1.807, 2.05) is 24.3 Å². The van der Waals surface area contributed by atoms with Crippen LogP contribution in [0.4, 0.5) is 0 Å². The summed E-state index contributed by atoms with van der Waals surface area (Å²) >= 11 is 5.96. The molecule has 1 N–H and O–H groups in total. The van der Waals surface area contributed by atoms with E-state index in [0.29, 0.717) is 29.8 Å². The third-order valence-corrected chi connectivity index (χ3v) is 7.45. The van der Waals surface area contributed by atoms with Gasteiger partial charge >= 0.3 is 0 Å². The minimum absolute atomic E-state index is 0.0464. The van der Waals surface area contributed by atoms with Gasteiger partial charge in [0.2, 0.25) is 17.6 Å². The summed E-state index contributed by atoms with van der Waals surface area (Å²) in [5.74, 6) is 1.35. The van der Waals surface area contributed by atoms with Gasteiger partial charge in [-0.1, -0.05) is 47.4 Å². The number of hydrogen-bond acceptors (Lipinski definition) is 6. The lowest BCUT2D eigenvalue weighted by Gasteiger charge is -2.30. The Balaban J connectivity index is 1.06. The van der Waals surface area contributed by atoms with Crippen molar-refractivity contribution in [3.63, 3.8) is 0 Å². The van der Waals surface area contributed by atoms with Gasteiger partial charge in [0.15, 0.2) is 0 Å². The van der Waals surface area contributed by atoms with Crippen molar-refractivity contribution in [2.45, 2.75) is 51.7 Å². The average molecular weight is 508 g/mol. The molecule has 1 aromatic heterocycles. The quantitative estimate of drug-likeness (QED) is 0.467. The van der Waals surface area contributed by atoms with Crippen molar-refractivity contribution in [3.8, 4) is 11.4 Å². The molecule has 2 saturated heterocycles. The molecule has 2 aromatic carbocycles. The molecule has 7 nitrogen and oxygen atoms in total. The smallest absolute Gasteiger partial charge is 0.241 e. The Morgan fingerprint density at radius 1 is 0.944 bits per heavy atom. The van der Waals surface area contributed by atoms with Gasteiger partial charge in [0.1, 0.15) is 0 Å². The maximum Gasteiger partial charge on any atom is 0.241 e. The molecule has 3 aromatic rings. The molecular weight excluding hydrogens is 474 g/mol. The Morgan fingerprint density at radius 3 is 2.44 bits per heavy atom. The van der Waals surface area contributed by atoms with E-state index in [9.17, 15) is 4.79 Å². The first-order valence-electron chi connectivity index (χ1n) is 13.0. The van der Waals surface area contributed by atoms with Crippen LogP contribution in [0.2, 0.25) is 5.02 Å². The van der Waals surface area contributed by atoms with Crippen LogP contribution in [-0.2, 0) is 24.4 Å². The van der Waals surface area contributed by atoms with E-state index < -0.39 is 0 Å². The zero-order valence-corrected chi connectivity index (χ0v) is 21.4. The summed E-state index contributed by atoms with van der Waals surface area (Å²) in [6, 6.07) is 16.0. The molecule has 0 saturated carbocycles. The number of carbonyl (C=O) groups is 1. The van der Waals surface area contributed by atoms with Crippen molar-refractivity contribution in [1.29, 1.82) is 0 Å². The highest BCUT2D eigenvalue weighted by Gasteiger charge is 2.26. The molecule has 2 fully saturated rings. The average Bonchev–Trinajstić information content (AvgIpc) is 3.37. The molecule has 0 spiro atoms. The number of likely N-dealkylation sites (tertiary alicyclic amines) is 2. The molecule has 190 valence electrons. The Bertz CT molecular complexity index is 1130. The highest BCUT2D eigenvalue weighted by atomic mass is 35.5. The number of amides is 1. The Hall–Kier alpha value is -2.74. The molecule has 2 aliphatic rings. The van der Waals surface area contributed by atoms with E-state index >= 15 is 0 Å². The minimum Gasteiger partial charge on any atom is -0.352 e. The lowest BCUT2D eigenvalue weighted by atomic mass is 9.96. The van der Waals surface area contributed by atoms with Crippen LogP contribution in [0.25, 0.3) is 11.4 Å². The Morgan fingerprint density at radius 2 is 1.67 bits per heavy atom. The maximum atomic E-state index is 12.8. The van der Waals surface area contributed by atoms with Gasteiger partial charge in [0.05, 0.1) is 6.54 Å². The van der Waals surface area contributed by atoms with Gasteiger partial charge in [-0.15, -0.1) is 0 Å². The van der Waals surface area contributed by atoms with E-state index in [-0.39, 0.29) is 11.8 Å². The topological polar surface area (TPSA) is 74.5 Å². The summed E-state index contributed by atoms with van der Waals surface area (Å²) in [6.45, 7) is 6.23. The van der Waals surface area contributed by atoms with E-state index in [0.717, 1.165) is 38.0 Å². The predicted molar refractivity (Wildman–Crippen MR) is 140 cm³/mol. The highest BCUT2D eigenvalue weighted by molar-refractivity contribution is 6.30. The van der Waals surface area contributed by atoms with Gasteiger partial charge in [-0.25, -0.2) is 0 Å². The minimum atomic E-state index is 0.0464. The zero-order chi connectivity index (χ0) is 24.7. The molecule has 8 heteroatoms. The molecule has 1 amide bonds. The number of hydrogen-bond donors (Lipinski definition) is 1. The second-order valence-corrected chi connectivity index (χ2v) is 10.4. The second kappa shape index (κ2) is 12.0. The van der Waals surface area contributed by atoms with Crippen LogP contribution in [0.1, 0.15) is 49.1 Å². The lowest BCUT2D eigenvalue weighted by Crippen LogP contribution is -2.40. The lowest BCUT2D eigenvalue weighted by molar-refractivity contribution is -0.126. The first kappa shape index (κ1) is 24.9. The fraction of sp³-hybridized carbons (Fsp3) is 0.464. The molecule has 0 aliphatic carbocycles. The highest BCUT2D eigenvalue weighted by Crippen LogP contribution is 2.22. The van der Waals surface area contributed by atoms with Crippen LogP contribution in [-0.4, -0.2) is 52.0 Å². The van der Waals surface area contributed by atoms with E-state index in [4.69, 9.17) is 16.1 Å². The van der Waals surface area contributed by atoms with Gasteiger partial charge in [-0.3, -0.25) is 14.6 Å². The van der Waals surface area contributed by atoms with Gasteiger partial charge in [-0.05, 0) is 87.3 Å². The molecule has 0 bridgehead atoms. The van der Waals surface area contributed by atoms with Crippen LogP contribution < -0.4 is 5.32 Å². The number of piperidine rings is 2. The molecule has 0 radical (unpaired) electrons. The SMILES string of the molecule is O=C(NCc1cccc(CN2CCCCC2)c1)C1CCN(Cc2nc(-c3ccc(Cl)cc3)no2)CC1. The number of nitrogens with one attached hydrogen (secondary N) is 1. The van der Waals surface area contributed by atoms with Crippen molar-refractivity contribution < 1.29 is 9.32 Å². The molecular formula is C28H34ClN5O2. The summed E-state index contributed by atoms with van der Waals surface area (Å²) in [5, 5.41) is 7.94. The molecule has 0 unspecified atom stereocenters. The maximum absolute atomic E-state index is 12.8. The standard InChI is InChI=1S/C28H34ClN5O2/c29-25-9-7-23(8-10-25)27-31-26(36-32-27)20-34-15-11-24(12-16-34)28(35)30-18-21-5-4-6-22(17-21)19-33-13-2-1-3-14-33/h4-10,17,24H,1-3,11-16,18-20H2,(H,30,35). The predicted octanol–water partition coefficient (Wildman–Crippen LogP) is 4.90. The van der Waals surface area contributed by atoms with E-state index in [1.54, 1.807) is 0 Å². The largest absolute Gasteiger partial charge is 0.352 e. The summed E-state index contributed by atoms with van der Waals surface area (Å²) in [6.07, 6.45) is 5.61. The molecule has 0 atom stereocenters. The normalized spacial score (nSPS) is 17.8. The monoisotopic (exact) mass is 507 g/mol. The summed E-state index contributed by atoms with van der Waals surface area (Å²) in [4.78, 5) is 22.2. The first-order chi connectivity index (χ1) is 17.6. The fourth-order valence-electron chi connectivity index (χ4n) is 5.13. The molecule has 3 heterocycles. The van der Waals surface area contributed by atoms with E-state index in [2.05, 4.69) is 49.5 Å². The number of halogens is 1. The van der Waals surface area contributed by atoms with Gasteiger partial charge in [0, 0.05) is 29.6 Å². The summed E-state index contributed by atoms with van der Waals surface area (Å²) in [5.41, 5.74) is 3.38. The molecule has 5 rings (SSSR count). The van der Waals surface area contributed by atoms with Crippen molar-refractivity contribution in [1.82, 2.24) is 25.3 Å². The molecule has 2 aliphatic heterocycles. The van der Waals surface area contributed by atoms with Gasteiger partial charge < -0.3 is 9.84 Å². The van der Waals surface area contributed by atoms with Crippen LogP contribution in [0.3, 0.4) is 0 Å². The van der Waals surface area contributed by atoms with Gasteiger partial charge in [-0.2, -0.15) is 4.98 Å². The summed E-state index contributed by atoms with van der Waals surface area (Å²) in [7, 11) is 0. The van der Waals surface area contributed by atoms with Crippen molar-refractivity contribution in [2.24, 2.45) is 5.92 Å². The third-order valence-electron chi connectivity index (χ3n) is 7.20.